The molecule has 1 unspecified atom stereocenters. The molecular formula is C61H78N4O2. The zero-order chi connectivity index (χ0) is 47.4. The van der Waals surface area contributed by atoms with Crippen LogP contribution in [0, 0.1) is 5.92 Å². The van der Waals surface area contributed by atoms with E-state index < -0.39 is 0 Å². The molecule has 0 spiro atoms. The molecule has 0 radical (unpaired) electrons. The summed E-state index contributed by atoms with van der Waals surface area (Å²) in [5.41, 5.74) is 13.7. The van der Waals surface area contributed by atoms with E-state index in [4.69, 9.17) is 4.74 Å². The van der Waals surface area contributed by atoms with Crippen LogP contribution in [0.4, 0.5) is 11.4 Å². The monoisotopic (exact) mass is 899 g/mol. The van der Waals surface area contributed by atoms with Gasteiger partial charge in [0.15, 0.2) is 0 Å². The molecule has 0 bridgehead atoms. The number of carbonyl (C=O) groups is 1. The van der Waals surface area contributed by atoms with E-state index in [1.165, 1.54) is 76.9 Å². The third kappa shape index (κ3) is 12.1. The molecule has 67 heavy (non-hydrogen) atoms. The van der Waals surface area contributed by atoms with Crippen LogP contribution in [-0.4, -0.2) is 25.5 Å². The van der Waals surface area contributed by atoms with Gasteiger partial charge >= 0.3 is 0 Å². The van der Waals surface area contributed by atoms with Gasteiger partial charge in [-0.25, -0.2) is 0 Å². The first-order valence-corrected chi connectivity index (χ1v) is 25.4. The Morgan fingerprint density at radius 2 is 1.52 bits per heavy atom. The van der Waals surface area contributed by atoms with Gasteiger partial charge in [0.05, 0.1) is 0 Å². The lowest BCUT2D eigenvalue weighted by Crippen LogP contribution is -2.27. The molecule has 2 atom stereocenters. The molecule has 354 valence electrons. The van der Waals surface area contributed by atoms with Crippen LogP contribution in [-0.2, 0) is 28.7 Å². The molecule has 3 aliphatic rings. The highest BCUT2D eigenvalue weighted by Crippen LogP contribution is 2.49. The molecule has 3 N–H and O–H groups in total. The maximum Gasteiger partial charge on any atom is 0.246 e. The standard InChI is InChI=1S/C61H78N4O2/c1-9-11-18-47-29-32-50(60(5,6)54-22-13-12-21-53(47)54)33-30-48-19-16-20-49(31-38-57-61(7,8)55-23-14-15-24-56(55)65(57)41-10-2)58(48)67-52-36-34-51(35-37-52)64-43-46-27-25-45(26-28-46)42-62-39-17-40-63-59(66)44(3)4/h12-15,21-28,30-31,33-38,47,50,62,64H,3,9-11,16-20,29,32,39-43H2,1-2,4-8H3,(H,63,66)/b33-30+,49-31+,57-38+/t47-,50?/m1/s1. The predicted molar refractivity (Wildman–Crippen MR) is 283 cm³/mol. The third-order valence-corrected chi connectivity index (χ3v) is 14.6. The van der Waals surface area contributed by atoms with E-state index in [2.05, 4.69) is 190 Å². The molecule has 1 aliphatic heterocycles. The first-order valence-electron chi connectivity index (χ1n) is 25.4. The first-order chi connectivity index (χ1) is 32.4. The number of hydrogen-bond acceptors (Lipinski definition) is 5. The van der Waals surface area contributed by atoms with Gasteiger partial charge in [-0.2, -0.15) is 0 Å². The van der Waals surface area contributed by atoms with Gasteiger partial charge in [0, 0.05) is 54.2 Å². The molecule has 0 fully saturated rings. The maximum atomic E-state index is 11.7. The van der Waals surface area contributed by atoms with E-state index in [1.54, 1.807) is 12.5 Å². The molecule has 6 nitrogen and oxygen atoms in total. The lowest BCUT2D eigenvalue weighted by Gasteiger charge is -2.33. The predicted octanol–water partition coefficient (Wildman–Crippen LogP) is 14.5. The first kappa shape index (κ1) is 49.3. The fraction of sp³-hybridized carbons (Fsp3) is 0.426. The smallest absolute Gasteiger partial charge is 0.246 e. The summed E-state index contributed by atoms with van der Waals surface area (Å²) < 4.78 is 7.08. The summed E-state index contributed by atoms with van der Waals surface area (Å²) in [7, 11) is 0. The lowest BCUT2D eigenvalue weighted by molar-refractivity contribution is -0.117. The second kappa shape index (κ2) is 22.9. The van der Waals surface area contributed by atoms with Crippen molar-refractivity contribution in [2.75, 3.05) is 29.9 Å². The minimum absolute atomic E-state index is 0.0220. The summed E-state index contributed by atoms with van der Waals surface area (Å²) in [6.07, 6.45) is 21.0. The van der Waals surface area contributed by atoms with E-state index in [9.17, 15) is 4.79 Å². The second-order valence-corrected chi connectivity index (χ2v) is 20.3. The molecule has 1 amide bonds. The molecule has 6 heteroatoms. The van der Waals surface area contributed by atoms with Crippen molar-refractivity contribution >= 4 is 17.3 Å². The van der Waals surface area contributed by atoms with Gasteiger partial charge in [0.25, 0.3) is 0 Å². The van der Waals surface area contributed by atoms with Gasteiger partial charge in [-0.3, -0.25) is 4.79 Å². The number of nitrogens with zero attached hydrogens (tertiary/aromatic N) is 1. The van der Waals surface area contributed by atoms with Crippen molar-refractivity contribution in [3.8, 4) is 5.75 Å². The molecule has 1 heterocycles. The number of ether oxygens (including phenoxy) is 1. The largest absolute Gasteiger partial charge is 0.457 e. The number of anilines is 2. The second-order valence-electron chi connectivity index (χ2n) is 20.3. The molecule has 7 rings (SSSR count). The van der Waals surface area contributed by atoms with Crippen molar-refractivity contribution in [3.05, 3.63) is 184 Å². The summed E-state index contributed by atoms with van der Waals surface area (Å²) in [6, 6.07) is 35.5. The summed E-state index contributed by atoms with van der Waals surface area (Å²) in [6.45, 7) is 23.7. The molecule has 2 aliphatic carbocycles. The molecule has 4 aromatic carbocycles. The third-order valence-electron chi connectivity index (χ3n) is 14.6. The van der Waals surface area contributed by atoms with Crippen LogP contribution >= 0.6 is 0 Å². The Hall–Kier alpha value is -5.59. The van der Waals surface area contributed by atoms with Gasteiger partial charge in [-0.1, -0.05) is 146 Å². The number of fused-ring (bicyclic) bond motifs is 2. The average Bonchev–Trinajstić information content (AvgIpc) is 3.47. The van der Waals surface area contributed by atoms with Crippen molar-refractivity contribution in [1.82, 2.24) is 10.6 Å². The van der Waals surface area contributed by atoms with Gasteiger partial charge in [-0.05, 0) is 157 Å². The molecule has 0 saturated heterocycles. The van der Waals surface area contributed by atoms with Crippen molar-refractivity contribution in [3.63, 3.8) is 0 Å². The Bertz CT molecular complexity index is 2430. The van der Waals surface area contributed by atoms with Crippen LogP contribution in [0.2, 0.25) is 0 Å². The minimum atomic E-state index is -0.101. The quantitative estimate of drug-likeness (QED) is 0.0469. The van der Waals surface area contributed by atoms with Crippen LogP contribution in [0.15, 0.2) is 156 Å². The number of benzene rings is 4. The van der Waals surface area contributed by atoms with E-state index >= 15 is 0 Å². The molecule has 0 saturated carbocycles. The zero-order valence-electron chi connectivity index (χ0n) is 41.8. The van der Waals surface area contributed by atoms with Gasteiger partial charge in [-0.15, -0.1) is 0 Å². The van der Waals surface area contributed by atoms with E-state index in [1.807, 2.05) is 0 Å². The van der Waals surface area contributed by atoms with Gasteiger partial charge in [0.1, 0.15) is 11.5 Å². The fourth-order valence-electron chi connectivity index (χ4n) is 10.5. The van der Waals surface area contributed by atoms with Crippen LogP contribution in [0.1, 0.15) is 146 Å². The molecule has 0 aromatic heterocycles. The van der Waals surface area contributed by atoms with Gasteiger partial charge in [0.2, 0.25) is 5.91 Å². The maximum absolute atomic E-state index is 11.7. The lowest BCUT2D eigenvalue weighted by atomic mass is 9.71. The Kier molecular flexibility index (Phi) is 16.9. The van der Waals surface area contributed by atoms with Crippen LogP contribution in [0.25, 0.3) is 0 Å². The van der Waals surface area contributed by atoms with Crippen molar-refractivity contribution < 1.29 is 9.53 Å². The number of allylic oxidation sites excluding steroid dienone is 7. The summed E-state index contributed by atoms with van der Waals surface area (Å²) in [5, 5.41) is 9.99. The Morgan fingerprint density at radius 3 is 2.25 bits per heavy atom. The van der Waals surface area contributed by atoms with Crippen LogP contribution in [0.3, 0.4) is 0 Å². The average molecular weight is 899 g/mol. The number of carbonyl (C=O) groups excluding carboxylic acids is 1. The fourth-order valence-corrected chi connectivity index (χ4v) is 10.5. The molecular weight excluding hydrogens is 821 g/mol. The van der Waals surface area contributed by atoms with Crippen molar-refractivity contribution in [2.24, 2.45) is 5.92 Å². The highest BCUT2D eigenvalue weighted by Gasteiger charge is 2.39. The number of rotatable bonds is 20. The zero-order valence-corrected chi connectivity index (χ0v) is 41.8. The Morgan fingerprint density at radius 1 is 0.806 bits per heavy atom. The number of hydrogen-bond donors (Lipinski definition) is 3. The van der Waals surface area contributed by atoms with Crippen LogP contribution < -0.4 is 25.6 Å². The number of unbranched alkanes of at least 4 members (excludes halogenated alkanes) is 1. The molecule has 4 aromatic rings. The normalized spacial score (nSPS) is 19.9. The van der Waals surface area contributed by atoms with Crippen molar-refractivity contribution in [2.45, 2.75) is 143 Å². The Labute approximate surface area is 403 Å². The highest BCUT2D eigenvalue weighted by atomic mass is 16.5. The highest BCUT2D eigenvalue weighted by molar-refractivity contribution is 5.92. The topological polar surface area (TPSA) is 65.6 Å². The number of nitrogens with one attached hydrogen (secondary N) is 3. The summed E-state index contributed by atoms with van der Waals surface area (Å²) >= 11 is 0. The summed E-state index contributed by atoms with van der Waals surface area (Å²) in [4.78, 5) is 14.2. The van der Waals surface area contributed by atoms with Gasteiger partial charge < -0.3 is 25.6 Å². The summed E-state index contributed by atoms with van der Waals surface area (Å²) in [5.74, 6) is 2.82. The number of para-hydroxylation sites is 1. The van der Waals surface area contributed by atoms with E-state index in [0.717, 1.165) is 75.5 Å². The van der Waals surface area contributed by atoms with E-state index in [0.29, 0.717) is 24.0 Å². The minimum Gasteiger partial charge on any atom is -0.457 e. The van der Waals surface area contributed by atoms with E-state index in [-0.39, 0.29) is 16.7 Å². The number of amides is 1. The SMILES string of the molecule is C=C(C)C(=O)NCCCNCc1ccc(CNc2ccc(OC3=C(/C=C/C4CC[C@@H](CCCC)c5ccccc5C4(C)C)CCC/C3=C\C=C3\N(CCC)c4ccccc4C3(C)C)cc2)cc1. The van der Waals surface area contributed by atoms with Crippen LogP contribution in [0.5, 0.6) is 5.75 Å². The Balaban J connectivity index is 1.10. The van der Waals surface area contributed by atoms with Crippen molar-refractivity contribution in [1.29, 1.82) is 0 Å².